The normalized spacial score (nSPS) is 22.2. The summed E-state index contributed by atoms with van der Waals surface area (Å²) in [5.74, 6) is -0.897. The van der Waals surface area contributed by atoms with Crippen LogP contribution in [0.15, 0.2) is 11.8 Å². The van der Waals surface area contributed by atoms with Crippen molar-refractivity contribution in [3.63, 3.8) is 0 Å². The van der Waals surface area contributed by atoms with Gasteiger partial charge in [0.1, 0.15) is 0 Å². The molecule has 4 heteroatoms. The van der Waals surface area contributed by atoms with Gasteiger partial charge in [-0.2, -0.15) is 0 Å². The molecular formula is C6H10N2O2. The molecule has 1 aliphatic rings. The standard InChI is InChI=1S/C6H10N2O2/c9-6(10)3-5-4-7-1-2-8-5/h3,7-8H,1-2,4H2,(H,9,10)/b5-3-. The minimum Gasteiger partial charge on any atom is -0.478 e. The third-order valence-electron chi connectivity index (χ3n) is 1.27. The fourth-order valence-corrected chi connectivity index (χ4v) is 0.848. The topological polar surface area (TPSA) is 61.4 Å². The van der Waals surface area contributed by atoms with E-state index in [1.807, 2.05) is 0 Å². The van der Waals surface area contributed by atoms with Crippen LogP contribution in [0.3, 0.4) is 0 Å². The van der Waals surface area contributed by atoms with E-state index in [9.17, 15) is 4.79 Å². The molecule has 1 aliphatic heterocycles. The predicted molar refractivity (Wildman–Crippen MR) is 36.6 cm³/mol. The molecule has 0 aromatic carbocycles. The van der Waals surface area contributed by atoms with Crippen molar-refractivity contribution in [2.45, 2.75) is 0 Å². The van der Waals surface area contributed by atoms with Gasteiger partial charge in [0.15, 0.2) is 0 Å². The second kappa shape index (κ2) is 3.22. The first-order chi connectivity index (χ1) is 4.79. The zero-order valence-electron chi connectivity index (χ0n) is 5.55. The van der Waals surface area contributed by atoms with Gasteiger partial charge in [0.05, 0.1) is 0 Å². The van der Waals surface area contributed by atoms with E-state index in [-0.39, 0.29) is 0 Å². The maximum absolute atomic E-state index is 10.1. The summed E-state index contributed by atoms with van der Waals surface area (Å²) < 4.78 is 0. The summed E-state index contributed by atoms with van der Waals surface area (Å²) in [6.45, 7) is 2.34. The van der Waals surface area contributed by atoms with E-state index in [4.69, 9.17) is 5.11 Å². The molecule has 1 rings (SSSR count). The van der Waals surface area contributed by atoms with Gasteiger partial charge in [-0.25, -0.2) is 4.79 Å². The quantitative estimate of drug-likeness (QED) is 0.417. The first-order valence-corrected chi connectivity index (χ1v) is 3.17. The van der Waals surface area contributed by atoms with E-state index >= 15 is 0 Å². The van der Waals surface area contributed by atoms with Crippen molar-refractivity contribution < 1.29 is 9.90 Å². The fourth-order valence-electron chi connectivity index (χ4n) is 0.848. The Hall–Kier alpha value is -1.03. The molecule has 4 nitrogen and oxygen atoms in total. The van der Waals surface area contributed by atoms with E-state index in [0.717, 1.165) is 18.8 Å². The lowest BCUT2D eigenvalue weighted by Crippen LogP contribution is -2.38. The van der Waals surface area contributed by atoms with Gasteiger partial charge in [0, 0.05) is 31.4 Å². The molecule has 1 saturated heterocycles. The number of hydrogen-bond acceptors (Lipinski definition) is 3. The molecule has 0 aromatic rings. The van der Waals surface area contributed by atoms with Gasteiger partial charge < -0.3 is 15.7 Å². The maximum Gasteiger partial charge on any atom is 0.330 e. The van der Waals surface area contributed by atoms with Crippen LogP contribution >= 0.6 is 0 Å². The van der Waals surface area contributed by atoms with Gasteiger partial charge in [-0.15, -0.1) is 0 Å². The van der Waals surface area contributed by atoms with Crippen LogP contribution in [-0.4, -0.2) is 30.7 Å². The molecule has 3 N–H and O–H groups in total. The molecule has 0 aromatic heterocycles. The molecule has 1 fully saturated rings. The third kappa shape index (κ3) is 2.06. The monoisotopic (exact) mass is 142 g/mol. The summed E-state index contributed by atoms with van der Waals surface area (Å²) in [6.07, 6.45) is 1.19. The van der Waals surface area contributed by atoms with Crippen LogP contribution < -0.4 is 10.6 Å². The van der Waals surface area contributed by atoms with Crippen LogP contribution in [0.4, 0.5) is 0 Å². The Morgan fingerprint density at radius 2 is 2.40 bits per heavy atom. The number of rotatable bonds is 1. The lowest BCUT2D eigenvalue weighted by atomic mass is 10.3. The Bertz CT molecular complexity index is 157. The molecule has 0 atom stereocenters. The number of carboxylic acid groups (broad SMARTS) is 1. The van der Waals surface area contributed by atoms with Gasteiger partial charge in [-0.05, 0) is 0 Å². The summed E-state index contributed by atoms with van der Waals surface area (Å²) in [6, 6.07) is 0. The molecule has 0 spiro atoms. The number of hydrogen-bond donors (Lipinski definition) is 3. The highest BCUT2D eigenvalue weighted by Crippen LogP contribution is 1.89. The molecule has 0 saturated carbocycles. The second-order valence-corrected chi connectivity index (χ2v) is 2.11. The largest absolute Gasteiger partial charge is 0.478 e. The van der Waals surface area contributed by atoms with E-state index in [0.29, 0.717) is 6.54 Å². The predicted octanol–water partition coefficient (Wildman–Crippen LogP) is -0.852. The van der Waals surface area contributed by atoms with Crippen LogP contribution in [0.25, 0.3) is 0 Å². The van der Waals surface area contributed by atoms with Gasteiger partial charge >= 0.3 is 5.97 Å². The fraction of sp³-hybridized carbons (Fsp3) is 0.500. The van der Waals surface area contributed by atoms with E-state index in [1.54, 1.807) is 0 Å². The molecule has 0 amide bonds. The van der Waals surface area contributed by atoms with Crippen LogP contribution in [0, 0.1) is 0 Å². The lowest BCUT2D eigenvalue weighted by Gasteiger charge is -2.16. The Balaban J connectivity index is 2.45. The molecule has 56 valence electrons. The average Bonchev–Trinajstić information content (AvgIpc) is 1.88. The Kier molecular flexibility index (Phi) is 2.28. The van der Waals surface area contributed by atoms with Gasteiger partial charge in [-0.1, -0.05) is 0 Å². The zero-order chi connectivity index (χ0) is 7.40. The van der Waals surface area contributed by atoms with Crippen LogP contribution in [0.5, 0.6) is 0 Å². The summed E-state index contributed by atoms with van der Waals surface area (Å²) in [5, 5.41) is 14.3. The first-order valence-electron chi connectivity index (χ1n) is 3.17. The smallest absolute Gasteiger partial charge is 0.330 e. The number of carbonyl (C=O) groups is 1. The third-order valence-corrected chi connectivity index (χ3v) is 1.27. The SMILES string of the molecule is O=C(O)/C=C1/CNCCN1. The van der Waals surface area contributed by atoms with Crippen molar-refractivity contribution in [1.29, 1.82) is 0 Å². The second-order valence-electron chi connectivity index (χ2n) is 2.11. The Morgan fingerprint density at radius 3 is 2.90 bits per heavy atom. The van der Waals surface area contributed by atoms with Crippen LogP contribution in [0.2, 0.25) is 0 Å². The summed E-state index contributed by atoms with van der Waals surface area (Å²) in [4.78, 5) is 10.1. The highest BCUT2D eigenvalue weighted by atomic mass is 16.4. The molecule has 0 radical (unpaired) electrons. The average molecular weight is 142 g/mol. The van der Waals surface area contributed by atoms with Crippen LogP contribution in [0.1, 0.15) is 0 Å². The molecule has 0 aliphatic carbocycles. The molecular weight excluding hydrogens is 132 g/mol. The highest BCUT2D eigenvalue weighted by molar-refractivity contribution is 5.80. The number of aliphatic carboxylic acids is 1. The number of nitrogens with one attached hydrogen (secondary N) is 2. The van der Waals surface area contributed by atoms with Crippen molar-refractivity contribution >= 4 is 5.97 Å². The number of piperazine rings is 1. The maximum atomic E-state index is 10.1. The van der Waals surface area contributed by atoms with Gasteiger partial charge in [0.2, 0.25) is 0 Å². The number of carboxylic acids is 1. The zero-order valence-corrected chi connectivity index (χ0v) is 5.55. The first kappa shape index (κ1) is 7.08. The Labute approximate surface area is 58.9 Å². The van der Waals surface area contributed by atoms with Gasteiger partial charge in [0.25, 0.3) is 0 Å². The van der Waals surface area contributed by atoms with Crippen molar-refractivity contribution in [3.8, 4) is 0 Å². The van der Waals surface area contributed by atoms with E-state index < -0.39 is 5.97 Å². The van der Waals surface area contributed by atoms with Crippen molar-refractivity contribution in [2.75, 3.05) is 19.6 Å². The lowest BCUT2D eigenvalue weighted by molar-refractivity contribution is -0.131. The van der Waals surface area contributed by atoms with Crippen molar-refractivity contribution in [2.24, 2.45) is 0 Å². The summed E-state index contributed by atoms with van der Waals surface area (Å²) in [7, 11) is 0. The summed E-state index contributed by atoms with van der Waals surface area (Å²) in [5.41, 5.74) is 0.749. The van der Waals surface area contributed by atoms with Crippen molar-refractivity contribution in [1.82, 2.24) is 10.6 Å². The van der Waals surface area contributed by atoms with E-state index in [1.165, 1.54) is 6.08 Å². The van der Waals surface area contributed by atoms with Crippen molar-refractivity contribution in [3.05, 3.63) is 11.8 Å². The summed E-state index contributed by atoms with van der Waals surface area (Å²) >= 11 is 0. The van der Waals surface area contributed by atoms with Crippen LogP contribution in [-0.2, 0) is 4.79 Å². The molecule has 1 heterocycles. The molecule has 10 heavy (non-hydrogen) atoms. The Morgan fingerprint density at radius 1 is 1.60 bits per heavy atom. The molecule has 0 bridgehead atoms. The highest BCUT2D eigenvalue weighted by Gasteiger charge is 2.03. The minimum absolute atomic E-state index is 0.631. The van der Waals surface area contributed by atoms with E-state index in [2.05, 4.69) is 10.6 Å². The minimum atomic E-state index is -0.897. The van der Waals surface area contributed by atoms with Gasteiger partial charge in [-0.3, -0.25) is 0 Å². The molecule has 0 unspecified atom stereocenters.